The van der Waals surface area contributed by atoms with Crippen LogP contribution >= 0.6 is 0 Å². The van der Waals surface area contributed by atoms with E-state index in [9.17, 15) is 21.6 Å². The molecule has 3 heterocycles. The molecular formula is C21H20F3N7O4S. The third-order valence-corrected chi connectivity index (χ3v) is 7.22. The summed E-state index contributed by atoms with van der Waals surface area (Å²) < 4.78 is 79.9. The van der Waals surface area contributed by atoms with Crippen LogP contribution in [0.4, 0.5) is 13.2 Å². The SMILES string of the molecule is Cc1noc(COc2cnc(C(F)=Cc3cc(F)c(F)c(C4(C)CS(=O)(=O)N(C)C(N)=N4)c3)cn2)n1. The maximum atomic E-state index is 14.9. The second-order valence-electron chi connectivity index (χ2n) is 8.09. The third kappa shape index (κ3) is 5.00. The van der Waals surface area contributed by atoms with Gasteiger partial charge in [0.1, 0.15) is 11.2 Å². The van der Waals surface area contributed by atoms with Crippen LogP contribution < -0.4 is 10.5 Å². The highest BCUT2D eigenvalue weighted by molar-refractivity contribution is 7.89. The molecule has 0 aliphatic carbocycles. The van der Waals surface area contributed by atoms with Gasteiger partial charge in [-0.15, -0.1) is 0 Å². The summed E-state index contributed by atoms with van der Waals surface area (Å²) in [5.74, 6) is -3.89. The molecule has 1 atom stereocenters. The molecule has 3 aromatic rings. The van der Waals surface area contributed by atoms with Crippen molar-refractivity contribution in [2.24, 2.45) is 10.7 Å². The Hall–Kier alpha value is -4.01. The van der Waals surface area contributed by atoms with Gasteiger partial charge in [-0.05, 0) is 37.6 Å². The van der Waals surface area contributed by atoms with Gasteiger partial charge in [-0.25, -0.2) is 40.9 Å². The summed E-state index contributed by atoms with van der Waals surface area (Å²) in [7, 11) is -2.75. The summed E-state index contributed by atoms with van der Waals surface area (Å²) in [6.07, 6.45) is 3.14. The van der Waals surface area contributed by atoms with E-state index in [4.69, 9.17) is 15.0 Å². The average molecular weight is 523 g/mol. The van der Waals surface area contributed by atoms with Crippen molar-refractivity contribution >= 4 is 27.9 Å². The van der Waals surface area contributed by atoms with Gasteiger partial charge < -0.3 is 15.0 Å². The second-order valence-corrected chi connectivity index (χ2v) is 10.1. The number of nitrogens with zero attached hydrogens (tertiary/aromatic N) is 6. The van der Waals surface area contributed by atoms with E-state index < -0.39 is 44.3 Å². The van der Waals surface area contributed by atoms with Crippen molar-refractivity contribution in [1.82, 2.24) is 24.4 Å². The molecule has 1 aliphatic heterocycles. The van der Waals surface area contributed by atoms with Crippen LogP contribution in [0.2, 0.25) is 0 Å². The third-order valence-electron chi connectivity index (χ3n) is 5.27. The summed E-state index contributed by atoms with van der Waals surface area (Å²) in [6.45, 7) is 2.87. The molecule has 1 unspecified atom stereocenters. The van der Waals surface area contributed by atoms with Crippen LogP contribution in [-0.4, -0.2) is 51.6 Å². The van der Waals surface area contributed by atoms with Gasteiger partial charge >= 0.3 is 0 Å². The first kappa shape index (κ1) is 25.1. The molecule has 0 amide bonds. The predicted octanol–water partition coefficient (Wildman–Crippen LogP) is 2.30. The Kier molecular flexibility index (Phi) is 6.43. The van der Waals surface area contributed by atoms with Crippen LogP contribution in [0.25, 0.3) is 11.9 Å². The molecule has 0 fully saturated rings. The van der Waals surface area contributed by atoms with Crippen LogP contribution in [0.15, 0.2) is 34.0 Å². The molecule has 1 aromatic carbocycles. The Morgan fingerprint density at radius 3 is 2.67 bits per heavy atom. The van der Waals surface area contributed by atoms with E-state index in [-0.39, 0.29) is 35.6 Å². The highest BCUT2D eigenvalue weighted by atomic mass is 32.2. The van der Waals surface area contributed by atoms with Crippen molar-refractivity contribution in [3.8, 4) is 5.88 Å². The number of halogens is 3. The van der Waals surface area contributed by atoms with Gasteiger partial charge in [0.05, 0.1) is 18.1 Å². The van der Waals surface area contributed by atoms with Gasteiger partial charge in [-0.1, -0.05) is 5.16 Å². The lowest BCUT2D eigenvalue weighted by Crippen LogP contribution is -2.50. The number of hydrogen-bond acceptors (Lipinski definition) is 10. The zero-order valence-corrected chi connectivity index (χ0v) is 20.1. The summed E-state index contributed by atoms with van der Waals surface area (Å²) in [6, 6.07) is 1.86. The number of rotatable bonds is 6. The van der Waals surface area contributed by atoms with Crippen molar-refractivity contribution in [3.63, 3.8) is 0 Å². The molecule has 0 saturated heterocycles. The van der Waals surface area contributed by atoms with Crippen molar-refractivity contribution in [3.05, 3.63) is 64.7 Å². The Labute approximate surface area is 203 Å². The van der Waals surface area contributed by atoms with E-state index in [2.05, 4.69) is 25.1 Å². The maximum absolute atomic E-state index is 14.9. The number of nitrogens with two attached hydrogens (primary N) is 1. The summed E-state index contributed by atoms with van der Waals surface area (Å²) in [5, 5.41) is 3.62. The fourth-order valence-electron chi connectivity index (χ4n) is 3.44. The van der Waals surface area contributed by atoms with Gasteiger partial charge in [0.15, 0.2) is 29.9 Å². The molecule has 1 aliphatic rings. The predicted molar refractivity (Wildman–Crippen MR) is 121 cm³/mol. The zero-order chi connectivity index (χ0) is 26.3. The molecule has 0 radical (unpaired) electrons. The fraction of sp³-hybridized carbons (Fsp3) is 0.286. The summed E-state index contributed by atoms with van der Waals surface area (Å²) in [5.41, 5.74) is 3.25. The molecule has 36 heavy (non-hydrogen) atoms. The van der Waals surface area contributed by atoms with Gasteiger partial charge in [0, 0.05) is 12.6 Å². The van der Waals surface area contributed by atoms with E-state index in [0.717, 1.165) is 34.9 Å². The van der Waals surface area contributed by atoms with Crippen molar-refractivity contribution in [2.45, 2.75) is 26.0 Å². The van der Waals surface area contributed by atoms with Crippen LogP contribution in [0.5, 0.6) is 5.88 Å². The quantitative estimate of drug-likeness (QED) is 0.513. The number of aromatic nitrogens is 4. The lowest BCUT2D eigenvalue weighted by molar-refractivity contribution is 0.234. The number of aliphatic imine (C=N–C) groups is 1. The van der Waals surface area contributed by atoms with E-state index in [1.54, 1.807) is 6.92 Å². The number of aryl methyl sites for hydroxylation is 1. The Morgan fingerprint density at radius 2 is 2.06 bits per heavy atom. The molecule has 2 N–H and O–H groups in total. The number of sulfonamides is 1. The standard InChI is InChI=1S/C21H20F3N7O4S/c1-11-28-18(35-30-11)9-34-17-8-26-16(7-27-17)14(22)5-12-4-13(19(24)15(23)6-12)21(2)10-36(32,33)31(3)20(25)29-21/h4-8H,9-10H2,1-3H3,(H2,25,29). The number of guanidine groups is 1. The molecule has 4 rings (SSSR count). The minimum absolute atomic E-state index is 0.0596. The first-order valence-electron chi connectivity index (χ1n) is 10.3. The lowest BCUT2D eigenvalue weighted by Gasteiger charge is -2.34. The fourth-order valence-corrected chi connectivity index (χ4v) is 4.89. The topological polar surface area (TPSA) is 150 Å². The number of benzene rings is 1. The van der Waals surface area contributed by atoms with E-state index in [1.807, 2.05) is 0 Å². The monoisotopic (exact) mass is 523 g/mol. The first-order chi connectivity index (χ1) is 16.9. The minimum atomic E-state index is -3.94. The number of hydrogen-bond donors (Lipinski definition) is 1. The molecule has 2 aromatic heterocycles. The van der Waals surface area contributed by atoms with Gasteiger partial charge in [-0.2, -0.15) is 4.98 Å². The number of ether oxygens (including phenoxy) is 1. The molecular weight excluding hydrogens is 503 g/mol. The van der Waals surface area contributed by atoms with Crippen LogP contribution in [-0.2, 0) is 22.2 Å². The Bertz CT molecular complexity index is 1480. The molecule has 190 valence electrons. The maximum Gasteiger partial charge on any atom is 0.264 e. The average Bonchev–Trinajstić information content (AvgIpc) is 3.23. The van der Waals surface area contributed by atoms with Crippen LogP contribution in [0.1, 0.15) is 35.5 Å². The molecule has 15 heteroatoms. The largest absolute Gasteiger partial charge is 0.466 e. The molecule has 11 nitrogen and oxygen atoms in total. The normalized spacial score (nSPS) is 19.8. The first-order valence-corrected chi connectivity index (χ1v) is 11.9. The van der Waals surface area contributed by atoms with Gasteiger partial charge in [0.25, 0.3) is 5.89 Å². The van der Waals surface area contributed by atoms with E-state index in [1.165, 1.54) is 14.0 Å². The highest BCUT2D eigenvalue weighted by Gasteiger charge is 2.42. The minimum Gasteiger partial charge on any atom is -0.466 e. The Morgan fingerprint density at radius 1 is 1.31 bits per heavy atom. The van der Waals surface area contributed by atoms with E-state index in [0.29, 0.717) is 5.82 Å². The van der Waals surface area contributed by atoms with Crippen LogP contribution in [0, 0.1) is 18.6 Å². The summed E-state index contributed by atoms with van der Waals surface area (Å²) in [4.78, 5) is 15.9. The van der Waals surface area contributed by atoms with Crippen LogP contribution in [0.3, 0.4) is 0 Å². The second kappa shape index (κ2) is 9.22. The highest BCUT2D eigenvalue weighted by Crippen LogP contribution is 2.35. The van der Waals surface area contributed by atoms with E-state index >= 15 is 0 Å². The summed E-state index contributed by atoms with van der Waals surface area (Å²) >= 11 is 0. The molecule has 0 bridgehead atoms. The van der Waals surface area contributed by atoms with Crippen molar-refractivity contribution < 1.29 is 30.8 Å². The molecule has 0 saturated carbocycles. The smallest absolute Gasteiger partial charge is 0.264 e. The van der Waals surface area contributed by atoms with Crippen molar-refractivity contribution in [2.75, 3.05) is 12.8 Å². The molecule has 0 spiro atoms. The zero-order valence-electron chi connectivity index (χ0n) is 19.2. The lowest BCUT2D eigenvalue weighted by atomic mass is 9.92. The van der Waals surface area contributed by atoms with Gasteiger partial charge in [0.2, 0.25) is 21.9 Å². The van der Waals surface area contributed by atoms with Gasteiger partial charge in [-0.3, -0.25) is 0 Å². The Balaban J connectivity index is 1.60. The van der Waals surface area contributed by atoms with Crippen molar-refractivity contribution in [1.29, 1.82) is 0 Å².